The molecule has 7 heteroatoms. The van der Waals surface area contributed by atoms with E-state index in [2.05, 4.69) is 10.5 Å². The summed E-state index contributed by atoms with van der Waals surface area (Å²) in [4.78, 5) is 24.7. The second-order valence-corrected chi connectivity index (χ2v) is 8.46. The van der Waals surface area contributed by atoms with Crippen molar-refractivity contribution >= 4 is 24.2 Å². The fraction of sp³-hybridized carbons (Fsp3) is 0.0938. The predicted octanol–water partition coefficient (Wildman–Crippen LogP) is 5.90. The van der Waals surface area contributed by atoms with Crippen molar-refractivity contribution < 1.29 is 23.8 Å². The molecule has 1 atom stereocenters. The molecule has 0 saturated heterocycles. The number of esters is 1. The maximum Gasteiger partial charge on any atom is 0.336 e. The summed E-state index contributed by atoms with van der Waals surface area (Å²) < 4.78 is 16.5. The molecule has 0 aliphatic rings. The Kier molecular flexibility index (Phi) is 9.23. The Balaban J connectivity index is 1.29. The molecule has 4 rings (SSSR count). The van der Waals surface area contributed by atoms with E-state index in [1.807, 2.05) is 84.9 Å². The van der Waals surface area contributed by atoms with E-state index in [4.69, 9.17) is 14.2 Å². The van der Waals surface area contributed by atoms with Crippen LogP contribution in [0.4, 0.5) is 0 Å². The number of rotatable bonds is 10. The van der Waals surface area contributed by atoms with E-state index in [0.29, 0.717) is 17.1 Å². The predicted molar refractivity (Wildman–Crippen MR) is 152 cm³/mol. The number of hydrogen-bond acceptors (Lipinski definition) is 6. The molecule has 0 aliphatic heterocycles. The number of hydrogen-bond donors (Lipinski definition) is 1. The zero-order chi connectivity index (χ0) is 27.5. The van der Waals surface area contributed by atoms with Gasteiger partial charge in [-0.3, -0.25) is 4.79 Å². The molecule has 0 unspecified atom stereocenters. The van der Waals surface area contributed by atoms with E-state index in [-0.39, 0.29) is 5.75 Å². The van der Waals surface area contributed by atoms with Crippen LogP contribution >= 0.6 is 0 Å². The Morgan fingerprint density at radius 2 is 1.46 bits per heavy atom. The number of carbonyl (C=O) groups is 2. The van der Waals surface area contributed by atoms with Gasteiger partial charge in [-0.15, -0.1) is 0 Å². The van der Waals surface area contributed by atoms with Gasteiger partial charge in [0.15, 0.2) is 17.6 Å². The van der Waals surface area contributed by atoms with Gasteiger partial charge in [-0.2, -0.15) is 5.10 Å². The van der Waals surface area contributed by atoms with E-state index in [1.54, 1.807) is 31.2 Å². The first-order valence-electron chi connectivity index (χ1n) is 12.3. The first-order valence-corrected chi connectivity index (χ1v) is 12.3. The van der Waals surface area contributed by atoms with Crippen LogP contribution in [0.3, 0.4) is 0 Å². The lowest BCUT2D eigenvalue weighted by molar-refractivity contribution is -0.129. The third-order valence-corrected chi connectivity index (χ3v) is 5.64. The molecular weight excluding hydrogens is 492 g/mol. The summed E-state index contributed by atoms with van der Waals surface area (Å²) in [6.07, 6.45) is 3.72. The Morgan fingerprint density at radius 3 is 2.15 bits per heavy atom. The van der Waals surface area contributed by atoms with Gasteiger partial charge >= 0.3 is 5.97 Å². The Labute approximate surface area is 227 Å². The van der Waals surface area contributed by atoms with Crippen LogP contribution in [0.15, 0.2) is 114 Å². The number of nitrogens with one attached hydrogen (secondary N) is 1. The van der Waals surface area contributed by atoms with Crippen molar-refractivity contribution in [3.8, 4) is 28.4 Å². The molecule has 0 spiro atoms. The molecule has 196 valence electrons. The van der Waals surface area contributed by atoms with Crippen LogP contribution in [-0.2, 0) is 9.59 Å². The van der Waals surface area contributed by atoms with Gasteiger partial charge in [0.1, 0.15) is 5.75 Å². The average molecular weight is 521 g/mol. The minimum absolute atomic E-state index is 0.265. The number of methoxy groups -OCH3 is 1. The quantitative estimate of drug-likeness (QED) is 0.0925. The van der Waals surface area contributed by atoms with Crippen LogP contribution in [0.2, 0.25) is 0 Å². The van der Waals surface area contributed by atoms with Crippen LogP contribution < -0.4 is 19.6 Å². The standard InChI is InChI=1S/C32H28N2O5/c1-23(38-28-17-15-27(16-18-28)26-11-7-4-8-12-26)32(36)34-33-22-25-13-19-29(30(21-25)37-2)39-31(35)20-14-24-9-5-3-6-10-24/h3-23H,1-2H3,(H,34,36)/b20-14+,33-22-/t23-/m1/s1. The van der Waals surface area contributed by atoms with Crippen LogP contribution in [0.1, 0.15) is 18.1 Å². The summed E-state index contributed by atoms with van der Waals surface area (Å²) >= 11 is 0. The van der Waals surface area contributed by atoms with Crippen molar-refractivity contribution in [1.82, 2.24) is 5.43 Å². The molecule has 4 aromatic carbocycles. The van der Waals surface area contributed by atoms with E-state index < -0.39 is 18.0 Å². The summed E-state index contributed by atoms with van der Waals surface area (Å²) in [5, 5.41) is 4.01. The van der Waals surface area contributed by atoms with Gasteiger partial charge in [-0.1, -0.05) is 72.8 Å². The third kappa shape index (κ3) is 7.90. The lowest BCUT2D eigenvalue weighted by Gasteiger charge is -2.13. The maximum atomic E-state index is 12.5. The summed E-state index contributed by atoms with van der Waals surface area (Å²) in [5.74, 6) is 0.259. The van der Waals surface area contributed by atoms with Crippen molar-refractivity contribution in [3.63, 3.8) is 0 Å². The zero-order valence-electron chi connectivity index (χ0n) is 21.6. The van der Waals surface area contributed by atoms with Gasteiger partial charge in [-0.05, 0) is 65.6 Å². The zero-order valence-corrected chi connectivity index (χ0v) is 21.6. The highest BCUT2D eigenvalue weighted by molar-refractivity contribution is 5.89. The van der Waals surface area contributed by atoms with Crippen molar-refractivity contribution in [1.29, 1.82) is 0 Å². The first kappa shape index (κ1) is 26.9. The van der Waals surface area contributed by atoms with E-state index in [9.17, 15) is 9.59 Å². The molecular formula is C32H28N2O5. The van der Waals surface area contributed by atoms with Crippen molar-refractivity contribution in [2.24, 2.45) is 5.10 Å². The number of ether oxygens (including phenoxy) is 3. The van der Waals surface area contributed by atoms with Gasteiger partial charge in [-0.25, -0.2) is 10.2 Å². The van der Waals surface area contributed by atoms with Gasteiger partial charge in [0, 0.05) is 6.08 Å². The Hall–Kier alpha value is -5.17. The molecule has 7 nitrogen and oxygen atoms in total. The van der Waals surface area contributed by atoms with Crippen LogP contribution in [0.25, 0.3) is 17.2 Å². The Bertz CT molecular complexity index is 1450. The SMILES string of the molecule is COc1cc(/C=N\NC(=O)[C@@H](C)Oc2ccc(-c3ccccc3)cc2)ccc1OC(=O)/C=C/c1ccccc1. The number of nitrogens with zero attached hydrogens (tertiary/aromatic N) is 1. The average Bonchev–Trinajstić information content (AvgIpc) is 2.98. The van der Waals surface area contributed by atoms with Crippen molar-refractivity contribution in [2.45, 2.75) is 13.0 Å². The summed E-state index contributed by atoms with van der Waals surface area (Å²) in [6.45, 7) is 1.65. The first-order chi connectivity index (χ1) is 19.0. The number of benzene rings is 4. The molecule has 0 aliphatic carbocycles. The molecule has 0 heterocycles. The minimum atomic E-state index is -0.759. The normalized spacial score (nSPS) is 11.7. The van der Waals surface area contributed by atoms with Crippen molar-refractivity contribution in [2.75, 3.05) is 7.11 Å². The highest BCUT2D eigenvalue weighted by atomic mass is 16.6. The van der Waals surface area contributed by atoms with Crippen LogP contribution in [0, 0.1) is 0 Å². The fourth-order valence-electron chi connectivity index (χ4n) is 3.60. The molecule has 0 fully saturated rings. The smallest absolute Gasteiger partial charge is 0.336 e. The molecule has 39 heavy (non-hydrogen) atoms. The number of hydrazone groups is 1. The highest BCUT2D eigenvalue weighted by Gasteiger charge is 2.14. The van der Waals surface area contributed by atoms with Gasteiger partial charge < -0.3 is 14.2 Å². The highest BCUT2D eigenvalue weighted by Crippen LogP contribution is 2.28. The molecule has 4 aromatic rings. The molecule has 0 bridgehead atoms. The summed E-state index contributed by atoms with van der Waals surface area (Å²) in [6, 6.07) is 31.9. The molecule has 1 amide bonds. The van der Waals surface area contributed by atoms with Gasteiger partial charge in [0.2, 0.25) is 0 Å². The topological polar surface area (TPSA) is 86.2 Å². The molecule has 0 saturated carbocycles. The number of amides is 1. The van der Waals surface area contributed by atoms with Crippen LogP contribution in [0.5, 0.6) is 17.2 Å². The molecule has 0 radical (unpaired) electrons. The second kappa shape index (κ2) is 13.4. The number of carbonyl (C=O) groups excluding carboxylic acids is 2. The molecule has 0 aromatic heterocycles. The fourth-order valence-corrected chi connectivity index (χ4v) is 3.60. The summed E-state index contributed by atoms with van der Waals surface area (Å²) in [7, 11) is 1.47. The van der Waals surface area contributed by atoms with E-state index in [1.165, 1.54) is 19.4 Å². The lowest BCUT2D eigenvalue weighted by atomic mass is 10.1. The maximum absolute atomic E-state index is 12.5. The lowest BCUT2D eigenvalue weighted by Crippen LogP contribution is -2.33. The second-order valence-electron chi connectivity index (χ2n) is 8.46. The minimum Gasteiger partial charge on any atom is -0.493 e. The largest absolute Gasteiger partial charge is 0.493 e. The third-order valence-electron chi connectivity index (χ3n) is 5.64. The van der Waals surface area contributed by atoms with Crippen molar-refractivity contribution in [3.05, 3.63) is 120 Å². The van der Waals surface area contributed by atoms with E-state index in [0.717, 1.165) is 16.7 Å². The van der Waals surface area contributed by atoms with Gasteiger partial charge in [0.25, 0.3) is 5.91 Å². The molecule has 1 N–H and O–H groups in total. The Morgan fingerprint density at radius 1 is 0.795 bits per heavy atom. The summed E-state index contributed by atoms with van der Waals surface area (Å²) in [5.41, 5.74) is 6.16. The van der Waals surface area contributed by atoms with E-state index >= 15 is 0 Å². The van der Waals surface area contributed by atoms with Crippen LogP contribution in [-0.4, -0.2) is 31.3 Å². The van der Waals surface area contributed by atoms with Gasteiger partial charge in [0.05, 0.1) is 13.3 Å². The monoisotopic (exact) mass is 520 g/mol.